The van der Waals surface area contributed by atoms with E-state index in [0.717, 1.165) is 43.3 Å². The van der Waals surface area contributed by atoms with Gasteiger partial charge in [0.25, 0.3) is 0 Å². The van der Waals surface area contributed by atoms with Crippen LogP contribution in [0, 0.1) is 17.0 Å². The Hall–Kier alpha value is -4.88. The van der Waals surface area contributed by atoms with Crippen molar-refractivity contribution in [2.45, 2.75) is 70.9 Å². The van der Waals surface area contributed by atoms with Crippen LogP contribution in [0.4, 0.5) is 20.2 Å². The third-order valence-electron chi connectivity index (χ3n) is 9.38. The van der Waals surface area contributed by atoms with Crippen molar-refractivity contribution in [1.82, 2.24) is 10.3 Å². The van der Waals surface area contributed by atoms with Gasteiger partial charge in [-0.3, -0.25) is 18.8 Å². The molecule has 3 N–H and O–H groups in total. The summed E-state index contributed by atoms with van der Waals surface area (Å²) in [5.41, 5.74) is -0.575. The summed E-state index contributed by atoms with van der Waals surface area (Å²) in [7, 11) is 0.847. The minimum Gasteiger partial charge on any atom is -0.493 e. The van der Waals surface area contributed by atoms with Crippen molar-refractivity contribution in [2.24, 2.45) is 5.41 Å². The molecule has 0 spiro atoms. The number of nitrogens with zero attached hydrogens (tertiary/aromatic N) is 1. The first-order valence-corrected chi connectivity index (χ1v) is 19.7. The summed E-state index contributed by atoms with van der Waals surface area (Å²) in [5, 5.41) is 9.53. The summed E-state index contributed by atoms with van der Waals surface area (Å²) in [6.07, 6.45) is 7.77. The number of hydrogen-bond donors (Lipinski definition) is 3. The van der Waals surface area contributed by atoms with E-state index in [2.05, 4.69) is 27.5 Å². The summed E-state index contributed by atoms with van der Waals surface area (Å²) >= 11 is 0. The molecule has 4 aromatic rings. The second kappa shape index (κ2) is 18.0. The molecule has 3 aromatic carbocycles. The van der Waals surface area contributed by atoms with E-state index in [4.69, 9.17) is 14.2 Å². The molecule has 2 aliphatic carbocycles. The van der Waals surface area contributed by atoms with E-state index in [1.165, 1.54) is 36.4 Å². The van der Waals surface area contributed by atoms with Crippen LogP contribution >= 0.6 is 0 Å². The topological polar surface area (TPSA) is 128 Å². The van der Waals surface area contributed by atoms with E-state index in [1.54, 1.807) is 37.6 Å². The molecular formula is C41H48F2N4O6S. The highest BCUT2D eigenvalue weighted by atomic mass is 32.2. The highest BCUT2D eigenvalue weighted by Crippen LogP contribution is 2.48. The largest absolute Gasteiger partial charge is 0.493 e. The number of hydrogen-bond acceptors (Lipinski definition) is 8. The number of aromatic nitrogens is 1. The van der Waals surface area contributed by atoms with E-state index in [-0.39, 0.29) is 17.0 Å². The van der Waals surface area contributed by atoms with Crippen molar-refractivity contribution in [2.75, 3.05) is 35.9 Å². The molecule has 2 heterocycles. The molecule has 288 valence electrons. The lowest BCUT2D eigenvalue weighted by Gasteiger charge is -2.28. The average Bonchev–Trinajstić information content (AvgIpc) is 4.12. The van der Waals surface area contributed by atoms with E-state index in [0.29, 0.717) is 59.3 Å². The first-order valence-electron chi connectivity index (χ1n) is 18.2. The van der Waals surface area contributed by atoms with Gasteiger partial charge in [-0.05, 0) is 94.0 Å². The highest BCUT2D eigenvalue weighted by molar-refractivity contribution is 7.85. The summed E-state index contributed by atoms with van der Waals surface area (Å²) in [6, 6.07) is 14.8. The van der Waals surface area contributed by atoms with Gasteiger partial charge in [0, 0.05) is 57.8 Å². The number of halogens is 2. The zero-order valence-corrected chi connectivity index (χ0v) is 32.0. The maximum absolute atomic E-state index is 15.2. The number of methoxy groups -OCH3 is 1. The normalized spacial score (nSPS) is 18.7. The number of anilines is 2. The van der Waals surface area contributed by atoms with Crippen molar-refractivity contribution in [3.63, 3.8) is 0 Å². The van der Waals surface area contributed by atoms with Gasteiger partial charge in [-0.1, -0.05) is 19.9 Å². The smallest absolute Gasteiger partial charge is 0.240 e. The maximum Gasteiger partial charge on any atom is 0.240 e. The molecule has 0 bridgehead atoms. The third-order valence-corrected chi connectivity index (χ3v) is 10.8. The molecule has 3 aliphatic rings. The quantitative estimate of drug-likeness (QED) is 0.0972. The molecule has 2 amide bonds. The fraction of sp³-hybridized carbons (Fsp3) is 0.390. The van der Waals surface area contributed by atoms with Crippen LogP contribution < -0.4 is 30.2 Å². The Morgan fingerprint density at radius 3 is 2.20 bits per heavy atom. The fourth-order valence-corrected chi connectivity index (χ4v) is 7.35. The number of benzene rings is 3. The van der Waals surface area contributed by atoms with Gasteiger partial charge in [0.05, 0.1) is 23.9 Å². The molecule has 3 fully saturated rings. The van der Waals surface area contributed by atoms with Crippen molar-refractivity contribution in [1.29, 1.82) is 0 Å². The molecule has 7 rings (SSSR count). The molecule has 0 atom stereocenters. The molecule has 1 aromatic heterocycles. The Bertz CT molecular complexity index is 1970. The molecule has 13 heteroatoms. The molecule has 0 unspecified atom stereocenters. The maximum atomic E-state index is 15.2. The van der Waals surface area contributed by atoms with Crippen LogP contribution in [0.3, 0.4) is 0 Å². The van der Waals surface area contributed by atoms with Crippen molar-refractivity contribution >= 4 is 44.9 Å². The number of carbonyl (C=O) groups is 2. The van der Waals surface area contributed by atoms with Crippen LogP contribution in [0.5, 0.6) is 23.0 Å². The number of ether oxygens (including phenoxy) is 3. The predicted octanol–water partition coefficient (Wildman–Crippen LogP) is 8.30. The number of nitrogens with one attached hydrogen (secondary N) is 3. The number of pyridine rings is 1. The van der Waals surface area contributed by atoms with E-state index in [9.17, 15) is 18.2 Å². The van der Waals surface area contributed by atoms with Crippen LogP contribution in [0.2, 0.25) is 0 Å². The molecule has 2 saturated carbocycles. The molecular weight excluding hydrogens is 715 g/mol. The zero-order valence-electron chi connectivity index (χ0n) is 31.1. The number of amides is 2. The number of carbonyl (C=O) groups excluding carboxylic acids is 2. The zero-order chi connectivity index (χ0) is 38.9. The summed E-state index contributed by atoms with van der Waals surface area (Å²) in [4.78, 5) is 30.4. The molecule has 0 radical (unpaired) electrons. The average molecular weight is 763 g/mol. The summed E-state index contributed by atoms with van der Waals surface area (Å²) in [5.74, 6) is 0.764. The number of fused-ring (bicyclic) bond motifs is 1. The van der Waals surface area contributed by atoms with Crippen LogP contribution in [-0.4, -0.2) is 57.8 Å². The molecule has 10 nitrogen and oxygen atoms in total. The summed E-state index contributed by atoms with van der Waals surface area (Å²) in [6.45, 7) is 9.72. The minimum atomic E-state index is -1.33. The van der Waals surface area contributed by atoms with Gasteiger partial charge in [-0.2, -0.15) is 0 Å². The monoisotopic (exact) mass is 762 g/mol. The highest BCUT2D eigenvalue weighted by Gasteiger charge is 2.56. The Kier molecular flexibility index (Phi) is 13.4. The first kappa shape index (κ1) is 40.3. The Morgan fingerprint density at radius 1 is 0.926 bits per heavy atom. The first-order chi connectivity index (χ1) is 26.1. The second-order valence-electron chi connectivity index (χ2n) is 13.3. The van der Waals surface area contributed by atoms with Crippen LogP contribution in [0.15, 0.2) is 79.5 Å². The van der Waals surface area contributed by atoms with E-state index >= 15 is 4.39 Å². The Morgan fingerprint density at radius 2 is 1.59 bits per heavy atom. The van der Waals surface area contributed by atoms with Gasteiger partial charge >= 0.3 is 0 Å². The van der Waals surface area contributed by atoms with E-state index < -0.39 is 39.7 Å². The van der Waals surface area contributed by atoms with Crippen LogP contribution in [0.25, 0.3) is 10.9 Å². The van der Waals surface area contributed by atoms with Gasteiger partial charge in [-0.25, -0.2) is 8.78 Å². The SMILES string of the molecule is C=CC.CC.COc1cc2c(Oc3ccc(NC(=O)C4(C(=O)Nc5ccc(F)cc5)CC4)c(F)c3)ccnc2cc1OCC1(NC2CCS(=O)CC2)CC1. The standard InChI is InChI=1S/C36H36F2N4O6S.C3H6.C2H6/c1-46-31-19-26-29(20-32(31)47-21-35(11-12-35)42-24-9-16-49(45)17-10-24)39-15-8-30(26)48-25-6-7-28(27(38)18-25)41-34(44)36(13-14-36)33(43)40-23-4-2-22(37)3-5-23;1-3-2;1-2/h2-8,15,18-20,24,42H,9-14,16-17,21H2,1H3,(H,40,43)(H,41,44);3H,1H2,2H3;1-2H3. The van der Waals surface area contributed by atoms with Gasteiger partial charge in [0.1, 0.15) is 35.2 Å². The van der Waals surface area contributed by atoms with Gasteiger partial charge in [0.2, 0.25) is 11.8 Å². The minimum absolute atomic E-state index is 0.0948. The van der Waals surface area contributed by atoms with Crippen LogP contribution in [0.1, 0.15) is 59.3 Å². The molecule has 1 saturated heterocycles. The van der Waals surface area contributed by atoms with Gasteiger partial charge in [0.15, 0.2) is 11.5 Å². The molecule has 54 heavy (non-hydrogen) atoms. The summed E-state index contributed by atoms with van der Waals surface area (Å²) < 4.78 is 58.2. The number of allylic oxidation sites excluding steroid dienone is 1. The Labute approximate surface area is 317 Å². The van der Waals surface area contributed by atoms with Crippen molar-refractivity contribution < 1.29 is 36.8 Å². The predicted molar refractivity (Wildman–Crippen MR) is 209 cm³/mol. The number of rotatable bonds is 12. The molecule has 1 aliphatic heterocycles. The van der Waals surface area contributed by atoms with Gasteiger partial charge in [-0.15, -0.1) is 6.58 Å². The fourth-order valence-electron chi connectivity index (χ4n) is 6.05. The van der Waals surface area contributed by atoms with Crippen LogP contribution in [-0.2, 0) is 20.4 Å². The van der Waals surface area contributed by atoms with Gasteiger partial charge < -0.3 is 30.2 Å². The third kappa shape index (κ3) is 9.80. The lowest BCUT2D eigenvalue weighted by molar-refractivity contribution is -0.131. The Balaban J connectivity index is 0.00000107. The van der Waals surface area contributed by atoms with E-state index in [1.807, 2.05) is 20.8 Å². The van der Waals surface area contributed by atoms with Crippen molar-refractivity contribution in [3.8, 4) is 23.0 Å². The second-order valence-corrected chi connectivity index (χ2v) is 15.0. The lowest BCUT2D eigenvalue weighted by atomic mass is 10.0. The lowest BCUT2D eigenvalue weighted by Crippen LogP contribution is -2.46. The van der Waals surface area contributed by atoms with Crippen molar-refractivity contribution in [3.05, 3.63) is 91.1 Å².